The van der Waals surface area contributed by atoms with Crippen molar-refractivity contribution in [3.8, 4) is 0 Å². The highest BCUT2D eigenvalue weighted by Gasteiger charge is 1.91. The van der Waals surface area contributed by atoms with Gasteiger partial charge in [0.05, 0.1) is 11.7 Å². The van der Waals surface area contributed by atoms with E-state index in [0.29, 0.717) is 0 Å². The molecule has 0 aliphatic carbocycles. The van der Waals surface area contributed by atoms with E-state index in [4.69, 9.17) is 9.66 Å². The molecule has 42 valence electrons. The van der Waals surface area contributed by atoms with Crippen LogP contribution in [-0.4, -0.2) is 18.1 Å². The molecule has 0 rings (SSSR count). The lowest BCUT2D eigenvalue weighted by Crippen LogP contribution is -1.88. The largest absolute Gasteiger partial charge is 0.515 e. The molecule has 0 aromatic heterocycles. The monoisotopic (exact) mass is 124 g/mol. The van der Waals surface area contributed by atoms with Gasteiger partial charge in [-0.3, -0.25) is 4.55 Å². The fourth-order valence-electron chi connectivity index (χ4n) is 0.0769. The van der Waals surface area contributed by atoms with Gasteiger partial charge in [-0.25, -0.2) is 0 Å². The molecule has 0 spiro atoms. The number of rotatable bonds is 1. The average molecular weight is 124 g/mol. The molecule has 0 atom stereocenters. The Morgan fingerprint density at radius 1 is 1.43 bits per heavy atom. The van der Waals surface area contributed by atoms with Crippen molar-refractivity contribution < 1.29 is 18.1 Å². The molecule has 0 amide bonds. The average Bonchev–Trinajstić information content (AvgIpc) is 1.30. The molecule has 0 aliphatic rings. The minimum absolute atomic E-state index is 0.245. The van der Waals surface area contributed by atoms with Gasteiger partial charge >= 0.3 is 0 Å². The van der Waals surface area contributed by atoms with Crippen molar-refractivity contribution in [2.75, 3.05) is 0 Å². The van der Waals surface area contributed by atoms with Crippen LogP contribution in [0.4, 0.5) is 0 Å². The van der Waals surface area contributed by atoms with E-state index in [1.54, 1.807) is 0 Å². The summed E-state index contributed by atoms with van der Waals surface area (Å²) in [6.07, 6.45) is 0.245. The van der Waals surface area contributed by atoms with Crippen molar-refractivity contribution in [2.24, 2.45) is 0 Å². The van der Waals surface area contributed by atoms with E-state index >= 15 is 0 Å². The quantitative estimate of drug-likeness (QED) is 0.378. The summed E-state index contributed by atoms with van der Waals surface area (Å²) in [6.45, 7) is 0. The van der Waals surface area contributed by atoms with Crippen LogP contribution in [-0.2, 0) is 10.1 Å². The van der Waals surface area contributed by atoms with Crippen molar-refractivity contribution in [3.63, 3.8) is 0 Å². The molecule has 4 nitrogen and oxygen atoms in total. The van der Waals surface area contributed by atoms with Gasteiger partial charge in [-0.2, -0.15) is 8.42 Å². The molecule has 0 aromatic carbocycles. The molecular weight excluding hydrogens is 120 g/mol. The number of hydrogen-bond donors (Lipinski definition) is 2. The van der Waals surface area contributed by atoms with Gasteiger partial charge in [0, 0.05) is 0 Å². The zero-order valence-corrected chi connectivity index (χ0v) is 4.09. The highest BCUT2D eigenvalue weighted by atomic mass is 32.2. The van der Waals surface area contributed by atoms with Crippen LogP contribution in [0, 0.1) is 0 Å². The van der Waals surface area contributed by atoms with Gasteiger partial charge in [0.15, 0.2) is 0 Å². The molecule has 7 heavy (non-hydrogen) atoms. The third kappa shape index (κ3) is 5.45. The van der Waals surface area contributed by atoms with Gasteiger partial charge < -0.3 is 5.11 Å². The lowest BCUT2D eigenvalue weighted by atomic mass is 11.2. The minimum atomic E-state index is -4.10. The Labute approximate surface area is 40.8 Å². The number of aliphatic hydroxyl groups excluding tert-OH is 1. The van der Waals surface area contributed by atoms with E-state index in [9.17, 15) is 8.42 Å². The summed E-state index contributed by atoms with van der Waals surface area (Å²) >= 11 is 0. The first-order valence-electron chi connectivity index (χ1n) is 1.34. The molecule has 0 saturated carbocycles. The van der Waals surface area contributed by atoms with Gasteiger partial charge in [-0.05, 0) is 0 Å². The van der Waals surface area contributed by atoms with Crippen molar-refractivity contribution in [1.29, 1.82) is 0 Å². The Morgan fingerprint density at radius 2 is 1.86 bits per heavy atom. The van der Waals surface area contributed by atoms with Crippen molar-refractivity contribution >= 4 is 10.1 Å². The Hall–Kier alpha value is -0.550. The standard InChI is InChI=1S/C2H4O4S/c3-1-2-7(4,5)6/h1-3H,(H,4,5,6)/b2-1-. The van der Waals surface area contributed by atoms with Crippen LogP contribution in [0.1, 0.15) is 0 Å². The predicted octanol–water partition coefficient (Wildman–Crippen LogP) is -0.0966. The summed E-state index contributed by atoms with van der Waals surface area (Å²) < 4.78 is 26.8. The van der Waals surface area contributed by atoms with Crippen molar-refractivity contribution in [2.45, 2.75) is 0 Å². The number of hydrogen-bond acceptors (Lipinski definition) is 3. The highest BCUT2D eigenvalue weighted by Crippen LogP contribution is 1.79. The summed E-state index contributed by atoms with van der Waals surface area (Å²) in [6, 6.07) is 0. The first kappa shape index (κ1) is 6.45. The third-order valence-corrected chi connectivity index (χ3v) is 0.698. The molecular formula is C2H4O4S. The van der Waals surface area contributed by atoms with E-state index in [0.717, 1.165) is 0 Å². The second kappa shape index (κ2) is 1.94. The fraction of sp³-hybridized carbons (Fsp3) is 0. The molecule has 0 radical (unpaired) electrons. The van der Waals surface area contributed by atoms with Gasteiger partial charge in [0.1, 0.15) is 0 Å². The first-order chi connectivity index (χ1) is 3.06. The summed E-state index contributed by atoms with van der Waals surface area (Å²) in [7, 11) is -4.10. The summed E-state index contributed by atoms with van der Waals surface area (Å²) in [5.74, 6) is 0. The Kier molecular flexibility index (Phi) is 1.79. The smallest absolute Gasteiger partial charge is 0.290 e. The first-order valence-corrected chi connectivity index (χ1v) is 2.85. The van der Waals surface area contributed by atoms with Crippen molar-refractivity contribution in [1.82, 2.24) is 0 Å². The van der Waals surface area contributed by atoms with Crippen LogP contribution in [0.15, 0.2) is 11.7 Å². The number of aliphatic hydroxyl groups is 1. The molecule has 0 saturated heterocycles. The van der Waals surface area contributed by atoms with Gasteiger partial charge in [0.25, 0.3) is 10.1 Å². The fourth-order valence-corrected chi connectivity index (χ4v) is 0.231. The molecule has 0 aliphatic heterocycles. The third-order valence-electron chi connectivity index (χ3n) is 0.233. The SMILES string of the molecule is O=S(=O)(O)/C=C\O. The van der Waals surface area contributed by atoms with Crippen LogP contribution in [0.5, 0.6) is 0 Å². The maximum Gasteiger partial charge on any atom is 0.290 e. The molecule has 0 unspecified atom stereocenters. The Morgan fingerprint density at radius 3 is 1.86 bits per heavy atom. The van der Waals surface area contributed by atoms with E-state index in [-0.39, 0.29) is 11.7 Å². The van der Waals surface area contributed by atoms with E-state index < -0.39 is 10.1 Å². The van der Waals surface area contributed by atoms with Crippen molar-refractivity contribution in [3.05, 3.63) is 11.7 Å². The lowest BCUT2D eigenvalue weighted by molar-refractivity contribution is 0.467. The molecule has 0 aromatic rings. The lowest BCUT2D eigenvalue weighted by Gasteiger charge is -1.76. The summed E-state index contributed by atoms with van der Waals surface area (Å²) in [5.41, 5.74) is 0. The molecule has 0 heterocycles. The zero-order chi connectivity index (χ0) is 5.91. The summed E-state index contributed by atoms with van der Waals surface area (Å²) in [5, 5.41) is 7.95. The molecule has 5 heteroatoms. The minimum Gasteiger partial charge on any atom is -0.515 e. The van der Waals surface area contributed by atoms with E-state index in [1.807, 2.05) is 0 Å². The zero-order valence-electron chi connectivity index (χ0n) is 3.27. The maximum atomic E-state index is 9.54. The Bertz CT molecular complexity index is 153. The van der Waals surface area contributed by atoms with Crippen LogP contribution >= 0.6 is 0 Å². The second-order valence-corrected chi connectivity index (χ2v) is 2.10. The predicted molar refractivity (Wildman–Crippen MR) is 23.3 cm³/mol. The van der Waals surface area contributed by atoms with Gasteiger partial charge in [0.2, 0.25) is 0 Å². The van der Waals surface area contributed by atoms with Crippen LogP contribution in [0.25, 0.3) is 0 Å². The van der Waals surface area contributed by atoms with Crippen LogP contribution < -0.4 is 0 Å². The van der Waals surface area contributed by atoms with E-state index in [2.05, 4.69) is 0 Å². The highest BCUT2D eigenvalue weighted by molar-refractivity contribution is 7.88. The second-order valence-electron chi connectivity index (χ2n) is 0.800. The topological polar surface area (TPSA) is 74.6 Å². The summed E-state index contributed by atoms with van der Waals surface area (Å²) in [4.78, 5) is 0. The molecule has 0 fully saturated rings. The molecule has 0 bridgehead atoms. The van der Waals surface area contributed by atoms with Gasteiger partial charge in [-0.1, -0.05) is 0 Å². The van der Waals surface area contributed by atoms with Crippen LogP contribution in [0.2, 0.25) is 0 Å². The van der Waals surface area contributed by atoms with Gasteiger partial charge in [-0.15, -0.1) is 0 Å². The van der Waals surface area contributed by atoms with E-state index in [1.165, 1.54) is 0 Å². The van der Waals surface area contributed by atoms with Crippen LogP contribution in [0.3, 0.4) is 0 Å². The Balaban J connectivity index is 4.13. The molecule has 2 N–H and O–H groups in total. The normalized spacial score (nSPS) is 12.7. The maximum absolute atomic E-state index is 9.54.